The van der Waals surface area contributed by atoms with E-state index in [9.17, 15) is 8.42 Å². The van der Waals surface area contributed by atoms with Gasteiger partial charge in [-0.15, -0.1) is 0 Å². The van der Waals surface area contributed by atoms with Crippen LogP contribution in [0.3, 0.4) is 0 Å². The van der Waals surface area contributed by atoms with E-state index in [1.807, 2.05) is 84.9 Å². The van der Waals surface area contributed by atoms with Crippen LogP contribution in [0.25, 0.3) is 22.2 Å². The Morgan fingerprint density at radius 2 is 1.69 bits per heavy atom. The molecule has 1 aliphatic rings. The van der Waals surface area contributed by atoms with Gasteiger partial charge >= 0.3 is 0 Å². The quantitative estimate of drug-likeness (QED) is 0.278. The maximum Gasteiger partial charge on any atom is 0.152 e. The molecular formula is C30H28N4O4S. The third kappa shape index (κ3) is 6.10. The maximum absolute atomic E-state index is 11.7. The van der Waals surface area contributed by atoms with Gasteiger partial charge in [0.05, 0.1) is 23.6 Å². The first-order chi connectivity index (χ1) is 19.0. The molecule has 1 saturated heterocycles. The average Bonchev–Trinajstić information content (AvgIpc) is 3.43. The van der Waals surface area contributed by atoms with Crippen molar-refractivity contribution < 1.29 is 17.6 Å². The van der Waals surface area contributed by atoms with Crippen molar-refractivity contribution in [3.8, 4) is 17.1 Å². The van der Waals surface area contributed by atoms with Crippen LogP contribution in [0.1, 0.15) is 11.3 Å². The molecule has 3 heterocycles. The summed E-state index contributed by atoms with van der Waals surface area (Å²) in [7, 11) is -2.91. The van der Waals surface area contributed by atoms with E-state index in [1.165, 1.54) is 0 Å². The molecule has 0 radical (unpaired) electrons. The number of fused-ring (bicyclic) bond motifs is 1. The molecule has 0 atom stereocenters. The SMILES string of the molecule is O=S1(=O)CCN(Cc2ccc(-c3ccc4ncnc(Nc5ccc(OCc6ccccc6)cc5)c4c3)o2)CC1. The predicted octanol–water partition coefficient (Wildman–Crippen LogP) is 5.44. The average molecular weight is 541 g/mol. The van der Waals surface area contributed by atoms with Crippen LogP contribution in [0.5, 0.6) is 5.75 Å². The van der Waals surface area contributed by atoms with Crippen molar-refractivity contribution in [3.05, 3.63) is 103 Å². The zero-order valence-corrected chi connectivity index (χ0v) is 22.1. The highest BCUT2D eigenvalue weighted by Crippen LogP contribution is 2.30. The van der Waals surface area contributed by atoms with Gasteiger partial charge in [-0.25, -0.2) is 18.4 Å². The fraction of sp³-hybridized carbons (Fsp3) is 0.200. The van der Waals surface area contributed by atoms with Gasteiger partial charge in [0.2, 0.25) is 0 Å². The normalized spacial score (nSPS) is 15.3. The summed E-state index contributed by atoms with van der Waals surface area (Å²) < 4.78 is 35.4. The van der Waals surface area contributed by atoms with Crippen molar-refractivity contribution >= 4 is 32.2 Å². The topological polar surface area (TPSA) is 97.6 Å². The molecule has 9 heteroatoms. The Morgan fingerprint density at radius 3 is 2.49 bits per heavy atom. The predicted molar refractivity (Wildman–Crippen MR) is 152 cm³/mol. The minimum atomic E-state index is -2.91. The van der Waals surface area contributed by atoms with Gasteiger partial charge in [0, 0.05) is 29.7 Å². The second kappa shape index (κ2) is 10.9. The van der Waals surface area contributed by atoms with E-state index in [4.69, 9.17) is 9.15 Å². The lowest BCUT2D eigenvalue weighted by Gasteiger charge is -2.25. The van der Waals surface area contributed by atoms with Crippen LogP contribution in [-0.4, -0.2) is 47.9 Å². The Kier molecular flexibility index (Phi) is 7.00. The van der Waals surface area contributed by atoms with E-state index in [-0.39, 0.29) is 11.5 Å². The number of rotatable bonds is 8. The highest BCUT2D eigenvalue weighted by atomic mass is 32.2. The van der Waals surface area contributed by atoms with Crippen molar-refractivity contribution in [2.24, 2.45) is 0 Å². The molecule has 2 aromatic heterocycles. The number of furan rings is 1. The number of hydrogen-bond acceptors (Lipinski definition) is 8. The Bertz CT molecular complexity index is 1670. The molecule has 8 nitrogen and oxygen atoms in total. The van der Waals surface area contributed by atoms with Crippen molar-refractivity contribution in [3.63, 3.8) is 0 Å². The van der Waals surface area contributed by atoms with Crippen molar-refractivity contribution in [2.45, 2.75) is 13.2 Å². The first-order valence-electron chi connectivity index (χ1n) is 12.8. The molecule has 1 aliphatic heterocycles. The molecule has 39 heavy (non-hydrogen) atoms. The molecule has 6 rings (SSSR count). The van der Waals surface area contributed by atoms with Gasteiger partial charge in [-0.05, 0) is 60.2 Å². The van der Waals surface area contributed by atoms with Crippen LogP contribution in [0.15, 0.2) is 95.7 Å². The highest BCUT2D eigenvalue weighted by Gasteiger charge is 2.22. The molecule has 0 unspecified atom stereocenters. The lowest BCUT2D eigenvalue weighted by molar-refractivity contribution is 0.263. The van der Waals surface area contributed by atoms with Crippen LogP contribution in [0, 0.1) is 0 Å². The summed E-state index contributed by atoms with van der Waals surface area (Å²) in [6, 6.07) is 27.7. The Labute approximate surface area is 227 Å². The number of hydrogen-bond donors (Lipinski definition) is 1. The molecule has 0 bridgehead atoms. The van der Waals surface area contributed by atoms with E-state index >= 15 is 0 Å². The zero-order chi connectivity index (χ0) is 26.7. The summed E-state index contributed by atoms with van der Waals surface area (Å²) in [5.41, 5.74) is 3.74. The number of benzene rings is 3. The summed E-state index contributed by atoms with van der Waals surface area (Å²) in [5.74, 6) is 3.43. The van der Waals surface area contributed by atoms with Crippen LogP contribution >= 0.6 is 0 Å². The second-order valence-corrected chi connectivity index (χ2v) is 11.9. The molecule has 198 valence electrons. The van der Waals surface area contributed by atoms with E-state index in [0.717, 1.165) is 45.0 Å². The molecule has 0 spiro atoms. The fourth-order valence-corrected chi connectivity index (χ4v) is 5.85. The standard InChI is InChI=1S/C30H28N4O4S/c35-39(36)16-14-34(15-17-39)19-26-11-13-29(38-26)23-6-12-28-27(18-23)30(32-21-31-28)33-24-7-9-25(10-8-24)37-20-22-4-2-1-3-5-22/h1-13,18,21H,14-17,19-20H2,(H,31,32,33). The number of anilines is 2. The Balaban J connectivity index is 1.16. The minimum absolute atomic E-state index is 0.199. The lowest BCUT2D eigenvalue weighted by Crippen LogP contribution is -2.39. The Morgan fingerprint density at radius 1 is 0.897 bits per heavy atom. The molecule has 1 fully saturated rings. The molecular weight excluding hydrogens is 512 g/mol. The third-order valence-electron chi connectivity index (χ3n) is 6.76. The fourth-order valence-electron chi connectivity index (χ4n) is 4.57. The summed E-state index contributed by atoms with van der Waals surface area (Å²) in [4.78, 5) is 11.0. The van der Waals surface area contributed by atoms with E-state index in [2.05, 4.69) is 20.2 Å². The highest BCUT2D eigenvalue weighted by molar-refractivity contribution is 7.91. The zero-order valence-electron chi connectivity index (χ0n) is 21.3. The third-order valence-corrected chi connectivity index (χ3v) is 8.37. The monoisotopic (exact) mass is 540 g/mol. The van der Waals surface area contributed by atoms with Gasteiger partial charge in [0.25, 0.3) is 0 Å². The number of nitrogens with zero attached hydrogens (tertiary/aromatic N) is 3. The first-order valence-corrected chi connectivity index (χ1v) is 14.6. The van der Waals surface area contributed by atoms with Gasteiger partial charge < -0.3 is 14.5 Å². The Hall–Kier alpha value is -4.21. The molecule has 0 amide bonds. The number of sulfone groups is 1. The van der Waals surface area contributed by atoms with E-state index < -0.39 is 9.84 Å². The summed E-state index contributed by atoms with van der Waals surface area (Å²) in [6.07, 6.45) is 1.55. The first kappa shape index (κ1) is 25.1. The second-order valence-electron chi connectivity index (χ2n) is 9.57. The summed E-state index contributed by atoms with van der Waals surface area (Å²) >= 11 is 0. The summed E-state index contributed by atoms with van der Waals surface area (Å²) in [5, 5.41) is 4.27. The minimum Gasteiger partial charge on any atom is -0.489 e. The van der Waals surface area contributed by atoms with Crippen molar-refractivity contribution in [1.82, 2.24) is 14.9 Å². The van der Waals surface area contributed by atoms with E-state index in [1.54, 1.807) is 6.33 Å². The molecule has 0 saturated carbocycles. The number of aromatic nitrogens is 2. The molecule has 3 aromatic carbocycles. The van der Waals surface area contributed by atoms with E-state index in [0.29, 0.717) is 32.1 Å². The molecule has 5 aromatic rings. The van der Waals surface area contributed by atoms with Crippen molar-refractivity contribution in [2.75, 3.05) is 29.9 Å². The summed E-state index contributed by atoms with van der Waals surface area (Å²) in [6.45, 7) is 2.16. The number of ether oxygens (including phenoxy) is 1. The smallest absolute Gasteiger partial charge is 0.152 e. The van der Waals surface area contributed by atoms with Gasteiger partial charge in [-0.1, -0.05) is 30.3 Å². The van der Waals surface area contributed by atoms with Gasteiger partial charge in [0.15, 0.2) is 9.84 Å². The maximum atomic E-state index is 11.7. The van der Waals surface area contributed by atoms with Gasteiger partial charge in [-0.2, -0.15) is 0 Å². The largest absolute Gasteiger partial charge is 0.489 e. The van der Waals surface area contributed by atoms with Gasteiger partial charge in [-0.3, -0.25) is 4.90 Å². The molecule has 0 aliphatic carbocycles. The molecule has 1 N–H and O–H groups in total. The van der Waals surface area contributed by atoms with Gasteiger partial charge in [0.1, 0.15) is 36.0 Å². The van der Waals surface area contributed by atoms with Crippen LogP contribution in [0.4, 0.5) is 11.5 Å². The van der Waals surface area contributed by atoms with Crippen LogP contribution < -0.4 is 10.1 Å². The van der Waals surface area contributed by atoms with Crippen LogP contribution in [-0.2, 0) is 23.0 Å². The lowest BCUT2D eigenvalue weighted by atomic mass is 10.1. The van der Waals surface area contributed by atoms with Crippen molar-refractivity contribution in [1.29, 1.82) is 0 Å². The number of nitrogens with one attached hydrogen (secondary N) is 1. The van der Waals surface area contributed by atoms with Crippen LogP contribution in [0.2, 0.25) is 0 Å².